The Labute approximate surface area is 182 Å². The van der Waals surface area contributed by atoms with Crippen molar-refractivity contribution >= 4 is 57.5 Å². The monoisotopic (exact) mass is 448 g/mol. The van der Waals surface area contributed by atoms with E-state index in [0.717, 1.165) is 0 Å². The SMILES string of the molecule is CCNC(=O)C(=O)Nn1c(C(=O)Nc2ccc(Cl)cc2Cl)cc2cccc(OC)c21. The van der Waals surface area contributed by atoms with E-state index in [9.17, 15) is 14.4 Å². The first-order valence-electron chi connectivity index (χ1n) is 8.89. The fourth-order valence-corrected chi connectivity index (χ4v) is 3.30. The topological polar surface area (TPSA) is 101 Å². The number of hydrogen-bond acceptors (Lipinski definition) is 4. The second-order valence-corrected chi connectivity index (χ2v) is 6.99. The van der Waals surface area contributed by atoms with Crippen LogP contribution in [0.3, 0.4) is 0 Å². The van der Waals surface area contributed by atoms with Gasteiger partial charge in [0.15, 0.2) is 0 Å². The van der Waals surface area contributed by atoms with E-state index in [1.807, 2.05) is 0 Å². The van der Waals surface area contributed by atoms with Crippen molar-refractivity contribution in [1.82, 2.24) is 9.99 Å². The molecule has 0 saturated heterocycles. The van der Waals surface area contributed by atoms with Crippen LogP contribution in [0.25, 0.3) is 10.9 Å². The number of ether oxygens (including phenoxy) is 1. The lowest BCUT2D eigenvalue weighted by Crippen LogP contribution is -2.39. The number of anilines is 1. The Morgan fingerprint density at radius 1 is 1.07 bits per heavy atom. The van der Waals surface area contributed by atoms with E-state index in [1.54, 1.807) is 43.3 Å². The van der Waals surface area contributed by atoms with Crippen molar-refractivity contribution in [1.29, 1.82) is 0 Å². The highest BCUT2D eigenvalue weighted by Crippen LogP contribution is 2.30. The van der Waals surface area contributed by atoms with Crippen molar-refractivity contribution in [3.8, 4) is 5.75 Å². The first kappa shape index (κ1) is 21.5. The number of nitrogens with zero attached hydrogens (tertiary/aromatic N) is 1. The molecule has 8 nitrogen and oxygen atoms in total. The number of halogens is 2. The number of carbonyl (C=O) groups excluding carboxylic acids is 3. The third-order valence-corrected chi connectivity index (χ3v) is 4.72. The summed E-state index contributed by atoms with van der Waals surface area (Å²) in [5, 5.41) is 6.38. The molecule has 10 heteroatoms. The Bertz CT molecular complexity index is 1140. The molecule has 0 aliphatic rings. The van der Waals surface area contributed by atoms with Gasteiger partial charge >= 0.3 is 11.8 Å². The summed E-state index contributed by atoms with van der Waals surface area (Å²) in [4.78, 5) is 37.2. The minimum absolute atomic E-state index is 0.0677. The van der Waals surface area contributed by atoms with E-state index in [1.165, 1.54) is 17.9 Å². The molecule has 0 fully saturated rings. The van der Waals surface area contributed by atoms with Crippen molar-refractivity contribution in [2.75, 3.05) is 24.4 Å². The molecule has 0 radical (unpaired) electrons. The lowest BCUT2D eigenvalue weighted by molar-refractivity contribution is -0.136. The molecular formula is C20H18Cl2N4O4. The number of carbonyl (C=O) groups is 3. The average Bonchev–Trinajstić information content (AvgIpc) is 3.09. The first-order chi connectivity index (χ1) is 14.3. The first-order valence-corrected chi connectivity index (χ1v) is 9.65. The molecule has 0 saturated carbocycles. The van der Waals surface area contributed by atoms with Crippen LogP contribution in [0.1, 0.15) is 17.4 Å². The van der Waals surface area contributed by atoms with Gasteiger partial charge in [-0.05, 0) is 37.3 Å². The summed E-state index contributed by atoms with van der Waals surface area (Å²) >= 11 is 12.0. The predicted molar refractivity (Wildman–Crippen MR) is 116 cm³/mol. The van der Waals surface area contributed by atoms with Crippen LogP contribution in [-0.4, -0.2) is 36.1 Å². The maximum atomic E-state index is 13.0. The van der Waals surface area contributed by atoms with Crippen molar-refractivity contribution in [3.05, 3.63) is 58.2 Å². The predicted octanol–water partition coefficient (Wildman–Crippen LogP) is 3.42. The molecule has 0 bridgehead atoms. The van der Waals surface area contributed by atoms with E-state index in [4.69, 9.17) is 27.9 Å². The van der Waals surface area contributed by atoms with E-state index in [-0.39, 0.29) is 17.3 Å². The fourth-order valence-electron chi connectivity index (χ4n) is 2.85. The molecular weight excluding hydrogens is 431 g/mol. The van der Waals surface area contributed by atoms with Crippen LogP contribution >= 0.6 is 23.2 Å². The van der Waals surface area contributed by atoms with Crippen LogP contribution in [0.5, 0.6) is 5.75 Å². The number of rotatable bonds is 5. The highest BCUT2D eigenvalue weighted by atomic mass is 35.5. The van der Waals surface area contributed by atoms with Crippen LogP contribution in [0.4, 0.5) is 5.69 Å². The highest BCUT2D eigenvalue weighted by molar-refractivity contribution is 6.38. The Morgan fingerprint density at radius 3 is 2.50 bits per heavy atom. The van der Waals surface area contributed by atoms with Crippen molar-refractivity contribution in [2.45, 2.75) is 6.92 Å². The average molecular weight is 449 g/mol. The molecule has 0 aliphatic heterocycles. The van der Waals surface area contributed by atoms with Crippen LogP contribution in [0.2, 0.25) is 10.0 Å². The number of methoxy groups -OCH3 is 1. The van der Waals surface area contributed by atoms with Gasteiger partial charge in [0.1, 0.15) is 17.0 Å². The summed E-state index contributed by atoms with van der Waals surface area (Å²) < 4.78 is 6.57. The lowest BCUT2D eigenvalue weighted by atomic mass is 10.2. The van der Waals surface area contributed by atoms with Crippen molar-refractivity contribution < 1.29 is 19.1 Å². The second kappa shape index (κ2) is 9.06. The maximum absolute atomic E-state index is 13.0. The summed E-state index contributed by atoms with van der Waals surface area (Å²) in [6.45, 7) is 1.97. The quantitative estimate of drug-likeness (QED) is 0.520. The van der Waals surface area contributed by atoms with Gasteiger partial charge in [0.05, 0.1) is 17.8 Å². The number of fused-ring (bicyclic) bond motifs is 1. The van der Waals surface area contributed by atoms with Crippen LogP contribution in [0, 0.1) is 0 Å². The number of amides is 3. The zero-order chi connectivity index (χ0) is 21.8. The maximum Gasteiger partial charge on any atom is 0.328 e. The largest absolute Gasteiger partial charge is 0.494 e. The smallest absolute Gasteiger partial charge is 0.328 e. The molecule has 2 aromatic carbocycles. The van der Waals surface area contributed by atoms with Gasteiger partial charge in [0, 0.05) is 17.0 Å². The number of para-hydroxylation sites is 1. The van der Waals surface area contributed by atoms with Gasteiger partial charge in [-0.15, -0.1) is 0 Å². The molecule has 3 amide bonds. The van der Waals surface area contributed by atoms with Crippen LogP contribution in [0.15, 0.2) is 42.5 Å². The van der Waals surface area contributed by atoms with Crippen LogP contribution in [-0.2, 0) is 9.59 Å². The molecule has 156 valence electrons. The standard InChI is InChI=1S/C20H18Cl2N4O4/c1-3-23-19(28)20(29)25-26-15(9-11-5-4-6-16(30-2)17(11)26)18(27)24-14-8-7-12(21)10-13(14)22/h4-10H,3H2,1-2H3,(H,23,28)(H,24,27)(H,25,29). The third-order valence-electron chi connectivity index (χ3n) is 4.18. The summed E-state index contributed by atoms with van der Waals surface area (Å²) in [6, 6.07) is 11.4. The van der Waals surface area contributed by atoms with Gasteiger partial charge in [0.25, 0.3) is 5.91 Å². The van der Waals surface area contributed by atoms with Crippen molar-refractivity contribution in [3.63, 3.8) is 0 Å². The summed E-state index contributed by atoms with van der Waals surface area (Å²) in [5.74, 6) is -1.92. The lowest BCUT2D eigenvalue weighted by Gasteiger charge is -2.14. The Morgan fingerprint density at radius 2 is 1.83 bits per heavy atom. The van der Waals surface area contributed by atoms with E-state index in [2.05, 4.69) is 16.1 Å². The van der Waals surface area contributed by atoms with E-state index in [0.29, 0.717) is 27.4 Å². The zero-order valence-corrected chi connectivity index (χ0v) is 17.6. The number of nitrogens with one attached hydrogen (secondary N) is 3. The molecule has 0 atom stereocenters. The summed E-state index contributed by atoms with van der Waals surface area (Å²) in [7, 11) is 1.46. The van der Waals surface area contributed by atoms with E-state index >= 15 is 0 Å². The molecule has 1 aromatic heterocycles. The van der Waals surface area contributed by atoms with E-state index < -0.39 is 17.7 Å². The fraction of sp³-hybridized carbons (Fsp3) is 0.150. The second-order valence-electron chi connectivity index (χ2n) is 6.14. The number of aromatic nitrogens is 1. The Balaban J connectivity index is 2.05. The normalized spacial score (nSPS) is 10.5. The zero-order valence-electron chi connectivity index (χ0n) is 16.1. The van der Waals surface area contributed by atoms with Gasteiger partial charge in [-0.25, -0.2) is 4.68 Å². The number of benzene rings is 2. The third kappa shape index (κ3) is 4.34. The molecule has 30 heavy (non-hydrogen) atoms. The van der Waals surface area contributed by atoms with Gasteiger partial charge in [-0.1, -0.05) is 35.3 Å². The summed E-state index contributed by atoms with van der Waals surface area (Å²) in [6.07, 6.45) is 0. The molecule has 1 heterocycles. The molecule has 3 aromatic rings. The molecule has 3 rings (SSSR count). The number of likely N-dealkylation sites (N-methyl/N-ethyl adjacent to an activating group) is 1. The Kier molecular flexibility index (Phi) is 6.49. The van der Waals surface area contributed by atoms with Gasteiger partial charge < -0.3 is 15.4 Å². The highest BCUT2D eigenvalue weighted by Gasteiger charge is 2.23. The minimum Gasteiger partial charge on any atom is -0.494 e. The minimum atomic E-state index is -0.932. The van der Waals surface area contributed by atoms with Gasteiger partial charge in [0.2, 0.25) is 0 Å². The molecule has 0 unspecified atom stereocenters. The van der Waals surface area contributed by atoms with Crippen molar-refractivity contribution in [2.24, 2.45) is 0 Å². The summed E-state index contributed by atoms with van der Waals surface area (Å²) in [5.41, 5.74) is 3.28. The molecule has 3 N–H and O–H groups in total. The van der Waals surface area contributed by atoms with Gasteiger partial charge in [-0.3, -0.25) is 19.8 Å². The van der Waals surface area contributed by atoms with Crippen LogP contribution < -0.4 is 20.8 Å². The Hall–Kier alpha value is -3.23. The molecule has 0 aliphatic carbocycles. The molecule has 0 spiro atoms. The van der Waals surface area contributed by atoms with Gasteiger partial charge in [-0.2, -0.15) is 0 Å². The number of hydrogen-bond donors (Lipinski definition) is 3.